The molecule has 2 aliphatic heterocycles. The summed E-state index contributed by atoms with van der Waals surface area (Å²) >= 11 is 6.04. The Morgan fingerprint density at radius 3 is 2.41 bits per heavy atom. The highest BCUT2D eigenvalue weighted by molar-refractivity contribution is 6.29. The van der Waals surface area contributed by atoms with Gasteiger partial charge in [-0.2, -0.15) is 18.3 Å². The average molecular weight is 592 g/mol. The molecule has 11 nitrogen and oxygen atoms in total. The fraction of sp³-hybridized carbons (Fsp3) is 0.385. The van der Waals surface area contributed by atoms with Crippen LogP contribution < -0.4 is 4.90 Å². The molecule has 0 saturated carbocycles. The summed E-state index contributed by atoms with van der Waals surface area (Å²) in [4.78, 5) is 57.7. The van der Waals surface area contributed by atoms with E-state index < -0.39 is 48.6 Å². The fourth-order valence-corrected chi connectivity index (χ4v) is 5.60. The number of halogens is 4. The summed E-state index contributed by atoms with van der Waals surface area (Å²) in [6.45, 7) is 2.13. The number of fused-ring (bicyclic) bond motifs is 3. The maximum absolute atomic E-state index is 14.4. The fourth-order valence-electron chi connectivity index (χ4n) is 5.43. The van der Waals surface area contributed by atoms with Gasteiger partial charge in [0.25, 0.3) is 0 Å². The number of anilines is 2. The van der Waals surface area contributed by atoms with Crippen LogP contribution in [-0.2, 0) is 20.8 Å². The Morgan fingerprint density at radius 1 is 1.12 bits per heavy atom. The Hall–Kier alpha value is -4.20. The lowest BCUT2D eigenvalue weighted by molar-refractivity contribution is -0.190. The molecule has 2 atom stereocenters. The summed E-state index contributed by atoms with van der Waals surface area (Å²) in [6.07, 6.45) is -1.74. The molecule has 5 rings (SSSR count). The lowest BCUT2D eigenvalue weighted by atomic mass is 10.0. The summed E-state index contributed by atoms with van der Waals surface area (Å²) in [5, 5.41) is 4.58. The zero-order valence-electron chi connectivity index (χ0n) is 22.2. The van der Waals surface area contributed by atoms with Crippen molar-refractivity contribution < 1.29 is 32.3 Å². The minimum absolute atomic E-state index is 0.219. The Labute approximate surface area is 237 Å². The number of rotatable bonds is 4. The molecule has 2 aliphatic rings. The number of urea groups is 1. The van der Waals surface area contributed by atoms with Crippen molar-refractivity contribution in [3.8, 4) is 0 Å². The standard InChI is InChI=1S/C26H25ClF3N7O4/c1-14(38)35-13-20(36(15(2)39)25(35)41)24(40)33(3)23(26(28,29)30)16-6-8-17(9-7-16)34-10-4-5-18-19(34)12-31-22-11-21(27)32-37(18)22/h6-9,11-12,20,23H,4-5,10,13H2,1-3H3/t20?,23-/m0/s1. The molecule has 2 aromatic heterocycles. The summed E-state index contributed by atoms with van der Waals surface area (Å²) in [5.41, 5.74) is 2.61. The molecule has 1 fully saturated rings. The van der Waals surface area contributed by atoms with Gasteiger partial charge in [-0.25, -0.2) is 19.2 Å². The second-order valence-electron chi connectivity index (χ2n) is 9.88. The number of nitrogens with zero attached hydrogens (tertiary/aromatic N) is 7. The highest BCUT2D eigenvalue weighted by Gasteiger charge is 2.51. The second kappa shape index (κ2) is 10.3. The number of hydrogen-bond donors (Lipinski definition) is 0. The Kier molecular flexibility index (Phi) is 7.14. The van der Waals surface area contributed by atoms with Crippen LogP contribution in [0.3, 0.4) is 0 Å². The van der Waals surface area contributed by atoms with Crippen molar-refractivity contribution >= 4 is 52.4 Å². The average Bonchev–Trinajstić information content (AvgIpc) is 3.47. The monoisotopic (exact) mass is 591 g/mol. The Bertz CT molecular complexity index is 1560. The van der Waals surface area contributed by atoms with Crippen LogP contribution in [0.25, 0.3) is 5.65 Å². The number of imide groups is 2. The molecular weight excluding hydrogens is 567 g/mol. The highest BCUT2D eigenvalue weighted by atomic mass is 35.5. The molecule has 41 heavy (non-hydrogen) atoms. The van der Waals surface area contributed by atoms with Crippen molar-refractivity contribution in [1.29, 1.82) is 0 Å². The van der Waals surface area contributed by atoms with E-state index in [4.69, 9.17) is 11.6 Å². The van der Waals surface area contributed by atoms with Gasteiger partial charge in [0, 0.05) is 39.2 Å². The second-order valence-corrected chi connectivity index (χ2v) is 10.3. The van der Waals surface area contributed by atoms with E-state index in [2.05, 4.69) is 10.1 Å². The number of alkyl halides is 3. The number of aromatic nitrogens is 3. The summed E-state index contributed by atoms with van der Waals surface area (Å²) < 4.78 is 44.9. The predicted molar refractivity (Wildman–Crippen MR) is 140 cm³/mol. The molecule has 1 saturated heterocycles. The van der Waals surface area contributed by atoms with Crippen LogP contribution in [0.15, 0.2) is 36.5 Å². The molecule has 4 heterocycles. The molecule has 1 aromatic carbocycles. The molecule has 0 N–H and O–H groups in total. The third kappa shape index (κ3) is 4.96. The maximum Gasteiger partial charge on any atom is 0.413 e. The highest BCUT2D eigenvalue weighted by Crippen LogP contribution is 2.40. The van der Waals surface area contributed by atoms with Gasteiger partial charge < -0.3 is 9.80 Å². The summed E-state index contributed by atoms with van der Waals surface area (Å²) in [5.74, 6) is -2.71. The first-order chi connectivity index (χ1) is 19.3. The maximum atomic E-state index is 14.4. The molecule has 1 unspecified atom stereocenters. The first-order valence-corrected chi connectivity index (χ1v) is 13.0. The number of amides is 5. The van der Waals surface area contributed by atoms with Crippen LogP contribution in [-0.4, -0.2) is 85.4 Å². The van der Waals surface area contributed by atoms with E-state index in [9.17, 15) is 32.3 Å². The SMILES string of the molecule is CC(=O)N1CC(C(=O)N(C)[C@@H](c2ccc(N3CCCc4c3cnc3cc(Cl)nn43)cc2)C(F)(F)F)N(C(C)=O)C1=O. The van der Waals surface area contributed by atoms with Gasteiger partial charge in [0.05, 0.1) is 24.1 Å². The van der Waals surface area contributed by atoms with Gasteiger partial charge in [-0.1, -0.05) is 23.7 Å². The van der Waals surface area contributed by atoms with E-state index in [-0.39, 0.29) is 5.56 Å². The van der Waals surface area contributed by atoms with Crippen molar-refractivity contribution in [1.82, 2.24) is 29.3 Å². The zero-order chi connectivity index (χ0) is 29.8. The van der Waals surface area contributed by atoms with Gasteiger partial charge in [-0.15, -0.1) is 0 Å². The van der Waals surface area contributed by atoms with Gasteiger partial charge >= 0.3 is 12.2 Å². The van der Waals surface area contributed by atoms with Gasteiger partial charge in [0.2, 0.25) is 17.7 Å². The van der Waals surface area contributed by atoms with Gasteiger partial charge in [0.1, 0.15) is 6.04 Å². The van der Waals surface area contributed by atoms with Gasteiger partial charge in [-0.3, -0.25) is 19.3 Å². The van der Waals surface area contributed by atoms with Crippen molar-refractivity contribution in [2.24, 2.45) is 0 Å². The van der Waals surface area contributed by atoms with Crippen LogP contribution in [0.1, 0.15) is 37.6 Å². The number of likely N-dealkylation sites (N-methyl/N-ethyl adjacent to an activating group) is 1. The van der Waals surface area contributed by atoms with Crippen LogP contribution in [0.5, 0.6) is 0 Å². The molecule has 5 amide bonds. The Balaban J connectivity index is 1.44. The smallest absolute Gasteiger partial charge is 0.339 e. The lowest BCUT2D eigenvalue weighted by Crippen LogP contribution is -2.51. The van der Waals surface area contributed by atoms with Crippen molar-refractivity contribution in [3.63, 3.8) is 0 Å². The largest absolute Gasteiger partial charge is 0.413 e. The predicted octanol–water partition coefficient (Wildman–Crippen LogP) is 3.73. The van der Waals surface area contributed by atoms with Crippen LogP contribution >= 0.6 is 11.6 Å². The number of benzene rings is 1. The molecule has 0 radical (unpaired) electrons. The summed E-state index contributed by atoms with van der Waals surface area (Å²) in [6, 6.07) is 2.26. The molecule has 15 heteroatoms. The number of hydrogen-bond acceptors (Lipinski definition) is 7. The van der Waals surface area contributed by atoms with Crippen LogP contribution in [0, 0.1) is 0 Å². The van der Waals surface area contributed by atoms with Crippen LogP contribution in [0.4, 0.5) is 29.3 Å². The quantitative estimate of drug-likeness (QED) is 0.455. The molecule has 3 aromatic rings. The third-order valence-corrected chi connectivity index (χ3v) is 7.48. The molecular formula is C26H25ClF3N7O4. The molecule has 0 spiro atoms. The third-order valence-electron chi connectivity index (χ3n) is 7.29. The van der Waals surface area contributed by atoms with Crippen molar-refractivity contribution in [2.45, 2.75) is 44.9 Å². The van der Waals surface area contributed by atoms with Crippen molar-refractivity contribution in [3.05, 3.63) is 52.9 Å². The van der Waals surface area contributed by atoms with E-state index in [1.165, 1.54) is 24.3 Å². The van der Waals surface area contributed by atoms with Crippen LogP contribution in [0.2, 0.25) is 5.15 Å². The normalized spacial score (nSPS) is 18.1. The topological polar surface area (TPSA) is 111 Å². The summed E-state index contributed by atoms with van der Waals surface area (Å²) in [7, 11) is 0.959. The first kappa shape index (κ1) is 28.3. The van der Waals surface area contributed by atoms with E-state index in [0.717, 1.165) is 38.7 Å². The minimum Gasteiger partial charge on any atom is -0.339 e. The van der Waals surface area contributed by atoms with Gasteiger partial charge in [0.15, 0.2) is 16.8 Å². The van der Waals surface area contributed by atoms with Gasteiger partial charge in [-0.05, 0) is 30.5 Å². The molecule has 0 bridgehead atoms. The number of aryl methyl sites for hydroxylation is 1. The van der Waals surface area contributed by atoms with E-state index >= 15 is 0 Å². The number of carbonyl (C=O) groups is 4. The Morgan fingerprint density at radius 2 is 1.80 bits per heavy atom. The minimum atomic E-state index is -4.89. The lowest BCUT2D eigenvalue weighted by Gasteiger charge is -2.34. The van der Waals surface area contributed by atoms with E-state index in [1.807, 2.05) is 4.90 Å². The molecule has 216 valence electrons. The molecule has 0 aliphatic carbocycles. The van der Waals surface area contributed by atoms with Crippen molar-refractivity contribution in [2.75, 3.05) is 25.0 Å². The van der Waals surface area contributed by atoms with E-state index in [1.54, 1.807) is 16.8 Å². The zero-order valence-corrected chi connectivity index (χ0v) is 23.0. The first-order valence-electron chi connectivity index (χ1n) is 12.7. The number of carbonyl (C=O) groups excluding carboxylic acids is 4. The van der Waals surface area contributed by atoms with E-state index in [0.29, 0.717) is 44.2 Å².